The molecule has 1 fully saturated rings. The molecule has 1 aromatic rings. The van der Waals surface area contributed by atoms with Crippen LogP contribution >= 0.6 is 0 Å². The lowest BCUT2D eigenvalue weighted by Crippen LogP contribution is -2.42. The smallest absolute Gasteiger partial charge is 0.254 e. The van der Waals surface area contributed by atoms with Crippen molar-refractivity contribution in [2.75, 3.05) is 13.1 Å². The van der Waals surface area contributed by atoms with E-state index < -0.39 is 23.6 Å². The molecular weight excluding hydrogens is 359 g/mol. The first kappa shape index (κ1) is 22.3. The predicted molar refractivity (Wildman–Crippen MR) is 107 cm³/mol. The zero-order valence-corrected chi connectivity index (χ0v) is 16.8. The number of rotatable bonds is 10. The van der Waals surface area contributed by atoms with E-state index >= 15 is 0 Å². The molecule has 3 atom stereocenters. The number of carbonyl (C=O) groups is 2. The van der Waals surface area contributed by atoms with E-state index in [4.69, 9.17) is 5.73 Å². The summed E-state index contributed by atoms with van der Waals surface area (Å²) in [5.74, 6) is -1.56. The molecule has 0 aliphatic carbocycles. The van der Waals surface area contributed by atoms with Crippen molar-refractivity contribution in [3.8, 4) is 0 Å². The Morgan fingerprint density at radius 1 is 1.18 bits per heavy atom. The Morgan fingerprint density at radius 2 is 1.82 bits per heavy atom. The second-order valence-corrected chi connectivity index (χ2v) is 8.10. The molecule has 0 saturated carbocycles. The van der Waals surface area contributed by atoms with Gasteiger partial charge in [-0.15, -0.1) is 0 Å². The van der Waals surface area contributed by atoms with Crippen molar-refractivity contribution in [2.45, 2.75) is 70.1 Å². The minimum Gasteiger partial charge on any atom is -0.393 e. The molecular formula is C22H33FN2O3. The second-order valence-electron chi connectivity index (χ2n) is 8.10. The van der Waals surface area contributed by atoms with E-state index in [2.05, 4.69) is 0 Å². The fourth-order valence-corrected chi connectivity index (χ4v) is 3.71. The number of aryl methyl sites for hydroxylation is 1. The molecule has 0 spiro atoms. The number of hydrogen-bond donors (Lipinski definition) is 2. The van der Waals surface area contributed by atoms with Crippen LogP contribution in [0.2, 0.25) is 0 Å². The number of nitrogens with zero attached hydrogens (tertiary/aromatic N) is 1. The summed E-state index contributed by atoms with van der Waals surface area (Å²) in [5.41, 5.74) is 4.12. The third-order valence-corrected chi connectivity index (χ3v) is 5.66. The van der Waals surface area contributed by atoms with Crippen LogP contribution in [0.5, 0.6) is 0 Å². The third-order valence-electron chi connectivity index (χ3n) is 5.66. The van der Waals surface area contributed by atoms with Crippen LogP contribution in [-0.2, 0) is 16.0 Å². The largest absolute Gasteiger partial charge is 0.393 e. The Bertz CT molecular complexity index is 630. The summed E-state index contributed by atoms with van der Waals surface area (Å²) in [6.07, 6.45) is 4.01. The Kier molecular flexibility index (Phi) is 8.42. The minimum absolute atomic E-state index is 0.0428. The molecule has 1 aliphatic rings. The number of amides is 2. The van der Waals surface area contributed by atoms with Gasteiger partial charge in [0.15, 0.2) is 5.67 Å². The van der Waals surface area contributed by atoms with Gasteiger partial charge < -0.3 is 15.7 Å². The quantitative estimate of drug-likeness (QED) is 0.642. The monoisotopic (exact) mass is 392 g/mol. The third kappa shape index (κ3) is 6.89. The normalized spacial score (nSPS) is 18.9. The number of nitrogens with two attached hydrogens (primary N) is 1. The van der Waals surface area contributed by atoms with Gasteiger partial charge in [0.1, 0.15) is 0 Å². The zero-order valence-electron chi connectivity index (χ0n) is 16.8. The highest BCUT2D eigenvalue weighted by atomic mass is 19.1. The first-order chi connectivity index (χ1) is 13.3. The van der Waals surface area contributed by atoms with Gasteiger partial charge in [0, 0.05) is 19.0 Å². The maximum absolute atomic E-state index is 14.3. The van der Waals surface area contributed by atoms with Crippen LogP contribution in [0.3, 0.4) is 0 Å². The predicted octanol–water partition coefficient (Wildman–Crippen LogP) is 2.99. The molecule has 0 radical (unpaired) electrons. The molecule has 6 heteroatoms. The van der Waals surface area contributed by atoms with Crippen LogP contribution in [0.1, 0.15) is 57.4 Å². The number of piperidine rings is 1. The van der Waals surface area contributed by atoms with E-state index in [1.54, 1.807) is 0 Å². The lowest BCUT2D eigenvalue weighted by molar-refractivity contribution is -0.139. The topological polar surface area (TPSA) is 83.6 Å². The minimum atomic E-state index is -2.14. The molecule has 156 valence electrons. The van der Waals surface area contributed by atoms with E-state index in [9.17, 15) is 19.1 Å². The molecule has 0 bridgehead atoms. The number of alkyl halides is 1. The number of halogens is 1. The van der Waals surface area contributed by atoms with Gasteiger partial charge in [-0.05, 0) is 63.9 Å². The van der Waals surface area contributed by atoms with Crippen molar-refractivity contribution in [3.05, 3.63) is 35.9 Å². The van der Waals surface area contributed by atoms with Gasteiger partial charge in [0.05, 0.1) is 6.10 Å². The highest BCUT2D eigenvalue weighted by Gasteiger charge is 2.34. The molecule has 3 N–H and O–H groups in total. The summed E-state index contributed by atoms with van der Waals surface area (Å²) in [6.45, 7) is 2.57. The van der Waals surface area contributed by atoms with Crippen molar-refractivity contribution in [3.63, 3.8) is 0 Å². The summed E-state index contributed by atoms with van der Waals surface area (Å²) in [5, 5.41) is 10.5. The lowest BCUT2D eigenvalue weighted by atomic mass is 9.88. The Labute approximate surface area is 167 Å². The number of carbonyl (C=O) groups excluding carboxylic acids is 2. The van der Waals surface area contributed by atoms with Crippen molar-refractivity contribution < 1.29 is 19.1 Å². The molecule has 28 heavy (non-hydrogen) atoms. The molecule has 1 saturated heterocycles. The van der Waals surface area contributed by atoms with Crippen molar-refractivity contribution in [1.29, 1.82) is 0 Å². The van der Waals surface area contributed by atoms with Gasteiger partial charge in [-0.2, -0.15) is 0 Å². The van der Waals surface area contributed by atoms with Gasteiger partial charge in [-0.1, -0.05) is 30.3 Å². The standard InChI is InChI=1S/C22H33FN2O3/c1-22(23,21(24)28)13-12-18(20(27)25-14-6-3-7-15-25)16-19(26)11-10-17-8-4-2-5-9-17/h2,4-5,8-9,18-19,26H,3,6-7,10-16H2,1H3,(H2,24,28)/t18-,19+,22?/m1/s1. The van der Waals surface area contributed by atoms with Gasteiger partial charge in [0.25, 0.3) is 5.91 Å². The molecule has 1 heterocycles. The van der Waals surface area contributed by atoms with E-state index in [0.717, 1.165) is 38.2 Å². The van der Waals surface area contributed by atoms with E-state index in [0.29, 0.717) is 19.5 Å². The van der Waals surface area contributed by atoms with Crippen molar-refractivity contribution >= 4 is 11.8 Å². The number of likely N-dealkylation sites (tertiary alicyclic amines) is 1. The summed E-state index contributed by atoms with van der Waals surface area (Å²) in [7, 11) is 0. The van der Waals surface area contributed by atoms with E-state index in [-0.39, 0.29) is 25.2 Å². The maximum atomic E-state index is 14.3. The lowest BCUT2D eigenvalue weighted by Gasteiger charge is -2.32. The summed E-state index contributed by atoms with van der Waals surface area (Å²) < 4.78 is 14.3. The number of benzene rings is 1. The summed E-state index contributed by atoms with van der Waals surface area (Å²) in [4.78, 5) is 26.1. The molecule has 5 nitrogen and oxygen atoms in total. The molecule has 0 aromatic heterocycles. The molecule has 1 aromatic carbocycles. The van der Waals surface area contributed by atoms with Crippen LogP contribution in [0.15, 0.2) is 30.3 Å². The first-order valence-corrected chi connectivity index (χ1v) is 10.3. The number of aliphatic hydroxyl groups is 1. The number of primary amides is 1. The van der Waals surface area contributed by atoms with Gasteiger partial charge in [-0.25, -0.2) is 4.39 Å². The average Bonchev–Trinajstić information content (AvgIpc) is 2.70. The summed E-state index contributed by atoms with van der Waals surface area (Å²) in [6, 6.07) is 9.86. The molecule has 1 aliphatic heterocycles. The van der Waals surface area contributed by atoms with Crippen LogP contribution in [-0.4, -0.2) is 46.7 Å². The van der Waals surface area contributed by atoms with Crippen LogP contribution in [0.25, 0.3) is 0 Å². The van der Waals surface area contributed by atoms with E-state index in [1.165, 1.54) is 0 Å². The first-order valence-electron chi connectivity index (χ1n) is 10.3. The fraction of sp³-hybridized carbons (Fsp3) is 0.636. The Morgan fingerprint density at radius 3 is 2.43 bits per heavy atom. The SMILES string of the molecule is CC(F)(CC[C@H](C[C@@H](O)CCc1ccccc1)C(=O)N1CCCCC1)C(N)=O. The van der Waals surface area contributed by atoms with E-state index in [1.807, 2.05) is 35.2 Å². The van der Waals surface area contributed by atoms with Gasteiger partial charge in [0.2, 0.25) is 5.91 Å². The van der Waals surface area contributed by atoms with Crippen molar-refractivity contribution in [2.24, 2.45) is 11.7 Å². The van der Waals surface area contributed by atoms with Crippen LogP contribution in [0, 0.1) is 5.92 Å². The number of hydrogen-bond acceptors (Lipinski definition) is 3. The van der Waals surface area contributed by atoms with Gasteiger partial charge in [-0.3, -0.25) is 9.59 Å². The highest BCUT2D eigenvalue weighted by molar-refractivity contribution is 5.83. The fourth-order valence-electron chi connectivity index (χ4n) is 3.71. The second kappa shape index (κ2) is 10.6. The zero-order chi connectivity index (χ0) is 20.6. The maximum Gasteiger partial charge on any atom is 0.254 e. The highest BCUT2D eigenvalue weighted by Crippen LogP contribution is 2.26. The molecule has 1 unspecified atom stereocenters. The molecule has 2 rings (SSSR count). The average molecular weight is 393 g/mol. The van der Waals surface area contributed by atoms with Crippen LogP contribution < -0.4 is 5.73 Å². The number of aliphatic hydroxyl groups excluding tert-OH is 1. The Balaban J connectivity index is 1.97. The summed E-state index contributed by atoms with van der Waals surface area (Å²) >= 11 is 0. The van der Waals surface area contributed by atoms with Gasteiger partial charge >= 0.3 is 0 Å². The molecule has 2 amide bonds. The van der Waals surface area contributed by atoms with Crippen molar-refractivity contribution in [1.82, 2.24) is 4.90 Å². The Hall–Kier alpha value is -1.95. The van der Waals surface area contributed by atoms with Crippen LogP contribution in [0.4, 0.5) is 4.39 Å².